The van der Waals surface area contributed by atoms with Crippen molar-refractivity contribution in [3.63, 3.8) is 0 Å². The summed E-state index contributed by atoms with van der Waals surface area (Å²) in [5.41, 5.74) is 0.866. The number of aryl methyl sites for hydroxylation is 2. The van der Waals surface area contributed by atoms with Gasteiger partial charge in [-0.1, -0.05) is 129 Å². The van der Waals surface area contributed by atoms with Gasteiger partial charge in [0.25, 0.3) is 0 Å². The van der Waals surface area contributed by atoms with E-state index < -0.39 is 0 Å². The van der Waals surface area contributed by atoms with Crippen LogP contribution in [0.3, 0.4) is 0 Å². The fourth-order valence-electron chi connectivity index (χ4n) is 4.16. The summed E-state index contributed by atoms with van der Waals surface area (Å²) in [5.74, 6) is 0. The second-order valence-corrected chi connectivity index (χ2v) is 13.4. The molecule has 0 bridgehead atoms. The van der Waals surface area contributed by atoms with Gasteiger partial charge in [0.1, 0.15) is 15.0 Å². The van der Waals surface area contributed by atoms with Gasteiger partial charge in [0.2, 0.25) is 0 Å². The second-order valence-electron chi connectivity index (χ2n) is 8.26. The number of hydrogen-bond donors (Lipinski definition) is 0. The fraction of sp³-hybridized carbons (Fsp3) is 0.250. The van der Waals surface area contributed by atoms with Gasteiger partial charge in [-0.15, -0.1) is 20.4 Å². The molecule has 3 aromatic carbocycles. The van der Waals surface area contributed by atoms with Crippen LogP contribution in [-0.2, 0) is 12.8 Å². The molecule has 2 aromatic heterocycles. The van der Waals surface area contributed by atoms with Crippen LogP contribution >= 0.6 is 115 Å². The summed E-state index contributed by atoms with van der Waals surface area (Å²) in [4.78, 5) is 0. The van der Waals surface area contributed by atoms with Crippen LogP contribution in [-0.4, -0.2) is 20.4 Å². The highest BCUT2D eigenvalue weighted by Gasteiger charge is 2.30. The summed E-state index contributed by atoms with van der Waals surface area (Å²) in [6.45, 7) is 4.12. The normalized spacial score (nSPS) is 11.8. The molecule has 0 saturated carbocycles. The van der Waals surface area contributed by atoms with Crippen molar-refractivity contribution in [2.24, 2.45) is 0 Å². The van der Waals surface area contributed by atoms with Crippen molar-refractivity contribution in [1.29, 1.82) is 0 Å². The molecule has 5 aromatic rings. The van der Waals surface area contributed by atoms with Crippen molar-refractivity contribution in [3.8, 4) is 21.1 Å². The van der Waals surface area contributed by atoms with E-state index in [-0.39, 0.29) is 40.2 Å². The molecule has 0 fully saturated rings. The number of aromatic nitrogens is 4. The zero-order chi connectivity index (χ0) is 27.5. The topological polar surface area (TPSA) is 51.6 Å². The Kier molecular flexibility index (Phi) is 8.80. The maximum absolute atomic E-state index is 7.08. The lowest BCUT2D eigenvalue weighted by Gasteiger charge is -2.20. The monoisotopic (exact) mass is 702 g/mol. The van der Waals surface area contributed by atoms with Gasteiger partial charge in [-0.3, -0.25) is 0 Å². The van der Waals surface area contributed by atoms with Crippen molar-refractivity contribution in [1.82, 2.24) is 20.4 Å². The number of nitrogens with zero attached hydrogens (tertiary/aromatic N) is 4. The highest BCUT2D eigenvalue weighted by atomic mass is 35.5. The second kappa shape index (κ2) is 11.5. The minimum absolute atomic E-state index is 0.104. The number of hydrogen-bond acceptors (Lipinski definition) is 6. The van der Waals surface area contributed by atoms with E-state index in [1.165, 1.54) is 22.7 Å². The highest BCUT2D eigenvalue weighted by Crippen LogP contribution is 2.57. The molecule has 0 aliphatic carbocycles. The van der Waals surface area contributed by atoms with Crippen LogP contribution in [0.15, 0.2) is 0 Å². The first-order valence-corrected chi connectivity index (χ1v) is 15.9. The lowest BCUT2D eigenvalue weighted by Crippen LogP contribution is -1.94. The molecule has 0 spiro atoms. The summed E-state index contributed by atoms with van der Waals surface area (Å²) in [6.07, 6.45) is 3.35. The number of fused-ring (bicyclic) bond motifs is 3. The van der Waals surface area contributed by atoms with Gasteiger partial charge < -0.3 is 0 Å². The van der Waals surface area contributed by atoms with Crippen molar-refractivity contribution in [3.05, 3.63) is 50.2 Å². The summed E-state index contributed by atoms with van der Waals surface area (Å²) in [7, 11) is 0. The largest absolute Gasteiger partial charge is 0.150 e. The Labute approximate surface area is 266 Å². The summed E-state index contributed by atoms with van der Waals surface area (Å²) < 4.78 is 0. The zero-order valence-corrected chi connectivity index (χ0v) is 27.1. The van der Waals surface area contributed by atoms with Crippen molar-refractivity contribution in [2.75, 3.05) is 0 Å². The third-order valence-electron chi connectivity index (χ3n) is 5.82. The van der Waals surface area contributed by atoms with Crippen molar-refractivity contribution >= 4 is 137 Å². The predicted octanol–water partition coefficient (Wildman–Crippen LogP) is 12.2. The van der Waals surface area contributed by atoms with Crippen LogP contribution in [0.25, 0.3) is 42.7 Å². The van der Waals surface area contributed by atoms with E-state index in [2.05, 4.69) is 34.2 Å². The number of halogens is 8. The number of rotatable bonds is 6. The van der Waals surface area contributed by atoms with E-state index in [9.17, 15) is 0 Å². The third kappa shape index (κ3) is 4.67. The SMILES string of the molecule is CCCc1nnc(-c2c(Cl)c(Cl)c3c(Cl)c(Cl)c4c(-c5nnc(CCC)s5)c(Cl)c(Cl)c(Cl)c4c3c2Cl)s1. The lowest BCUT2D eigenvalue weighted by molar-refractivity contribution is 0.879. The molecule has 0 saturated heterocycles. The maximum atomic E-state index is 7.08. The Bertz CT molecular complexity index is 1750. The third-order valence-corrected chi connectivity index (χ3v) is 11.2. The lowest BCUT2D eigenvalue weighted by atomic mass is 9.96. The molecule has 0 atom stereocenters. The van der Waals surface area contributed by atoms with Crippen LogP contribution in [0.2, 0.25) is 40.2 Å². The Balaban J connectivity index is 1.98. The van der Waals surface area contributed by atoms with E-state index >= 15 is 0 Å². The van der Waals surface area contributed by atoms with E-state index in [1.54, 1.807) is 0 Å². The predicted molar refractivity (Wildman–Crippen MR) is 167 cm³/mol. The summed E-state index contributed by atoms with van der Waals surface area (Å²) in [6, 6.07) is 0. The fourth-order valence-corrected chi connectivity index (χ4v) is 8.73. The Morgan fingerprint density at radius 3 is 1.42 bits per heavy atom. The Morgan fingerprint density at radius 1 is 0.447 bits per heavy atom. The molecule has 0 aliphatic rings. The molecule has 38 heavy (non-hydrogen) atoms. The highest BCUT2D eigenvalue weighted by molar-refractivity contribution is 7.15. The van der Waals surface area contributed by atoms with Crippen LogP contribution in [0.5, 0.6) is 0 Å². The number of benzene rings is 3. The first-order valence-electron chi connectivity index (χ1n) is 11.2. The Hall–Kier alpha value is -0.380. The molecule has 0 unspecified atom stereocenters. The van der Waals surface area contributed by atoms with Gasteiger partial charge in [0.15, 0.2) is 5.01 Å². The van der Waals surface area contributed by atoms with Gasteiger partial charge in [0.05, 0.1) is 45.7 Å². The molecule has 0 N–H and O–H groups in total. The standard InChI is InChI=1S/C24H14Cl8N4S2/c1-3-5-7-33-35-23(37-7)13-11-9(17(27)22(32)20(13)30)10-12(18(28)16(11)26)19(29)21(31)14(15(10)25)24-36-34-8(38-24)6-4-2/h3-6H2,1-2H3. The molecule has 0 radical (unpaired) electrons. The van der Waals surface area contributed by atoms with Crippen molar-refractivity contribution in [2.45, 2.75) is 39.5 Å². The molecule has 0 aliphatic heterocycles. The average Bonchev–Trinajstić information content (AvgIpc) is 3.54. The van der Waals surface area contributed by atoms with E-state index in [1.807, 2.05) is 0 Å². The van der Waals surface area contributed by atoms with E-state index in [4.69, 9.17) is 92.8 Å². The average molecular weight is 706 g/mol. The molecule has 14 heteroatoms. The van der Waals surface area contributed by atoms with Gasteiger partial charge in [-0.25, -0.2) is 0 Å². The molecule has 4 nitrogen and oxygen atoms in total. The Morgan fingerprint density at radius 2 is 0.868 bits per heavy atom. The minimum Gasteiger partial charge on any atom is -0.143 e. The van der Waals surface area contributed by atoms with Gasteiger partial charge in [-0.05, 0) is 12.8 Å². The van der Waals surface area contributed by atoms with Crippen LogP contribution in [0.4, 0.5) is 0 Å². The summed E-state index contributed by atoms with van der Waals surface area (Å²) >= 11 is 57.4. The van der Waals surface area contributed by atoms with Gasteiger partial charge in [-0.2, -0.15) is 0 Å². The van der Waals surface area contributed by atoms with Crippen LogP contribution in [0, 0.1) is 0 Å². The van der Waals surface area contributed by atoms with Crippen LogP contribution in [0.1, 0.15) is 36.7 Å². The smallest absolute Gasteiger partial charge is 0.143 e. The molecule has 0 amide bonds. The molecular formula is C24H14Cl8N4S2. The molecule has 2 heterocycles. The molecular weight excluding hydrogens is 692 g/mol. The molecule has 198 valence electrons. The maximum Gasteiger partial charge on any atom is 0.150 e. The van der Waals surface area contributed by atoms with E-state index in [0.717, 1.165) is 35.7 Å². The van der Waals surface area contributed by atoms with Gasteiger partial charge in [0, 0.05) is 39.9 Å². The first-order chi connectivity index (χ1) is 18.1. The zero-order valence-electron chi connectivity index (χ0n) is 19.5. The van der Waals surface area contributed by atoms with Gasteiger partial charge >= 0.3 is 0 Å². The van der Waals surface area contributed by atoms with Crippen LogP contribution < -0.4 is 0 Å². The first kappa shape index (κ1) is 29.1. The quantitative estimate of drug-likeness (QED) is 0.100. The summed E-state index contributed by atoms with van der Waals surface area (Å²) in [5, 5.41) is 22.8. The molecule has 5 rings (SSSR count). The van der Waals surface area contributed by atoms with E-state index in [0.29, 0.717) is 42.7 Å². The van der Waals surface area contributed by atoms with Crippen molar-refractivity contribution < 1.29 is 0 Å². The minimum atomic E-state index is 0.104.